The van der Waals surface area contributed by atoms with E-state index in [2.05, 4.69) is 4.72 Å². The maximum Gasteiger partial charge on any atom is 0.244 e. The van der Waals surface area contributed by atoms with Crippen molar-refractivity contribution in [3.8, 4) is 0 Å². The van der Waals surface area contributed by atoms with Crippen LogP contribution in [-0.2, 0) is 10.0 Å². The summed E-state index contributed by atoms with van der Waals surface area (Å²) < 4.78 is 53.1. The lowest BCUT2D eigenvalue weighted by Gasteiger charge is -2.38. The Balaban J connectivity index is 2.39. The highest BCUT2D eigenvalue weighted by molar-refractivity contribution is 7.89. The summed E-state index contributed by atoms with van der Waals surface area (Å²) in [6, 6.07) is 1.72. The molecule has 0 unspecified atom stereocenters. The number of rotatable bonds is 3. The first-order valence-electron chi connectivity index (χ1n) is 5.53. The molecule has 2 rings (SSSR count). The number of nitrogens with one attached hydrogen (secondary N) is 1. The summed E-state index contributed by atoms with van der Waals surface area (Å²) in [5.74, 6) is -2.22. The third-order valence-corrected chi connectivity index (χ3v) is 4.87. The van der Waals surface area contributed by atoms with Crippen LogP contribution in [0.4, 0.5) is 14.5 Å². The van der Waals surface area contributed by atoms with E-state index in [-0.39, 0.29) is 0 Å². The van der Waals surface area contributed by atoms with E-state index in [1.165, 1.54) is 0 Å². The van der Waals surface area contributed by atoms with Crippen LogP contribution < -0.4 is 10.5 Å². The van der Waals surface area contributed by atoms with Gasteiger partial charge in [-0.3, -0.25) is 0 Å². The summed E-state index contributed by atoms with van der Waals surface area (Å²) in [6.07, 6.45) is 2.32. The van der Waals surface area contributed by atoms with E-state index >= 15 is 0 Å². The van der Waals surface area contributed by atoms with E-state index in [0.29, 0.717) is 12.8 Å². The van der Waals surface area contributed by atoms with Crippen LogP contribution in [0.2, 0.25) is 0 Å². The molecule has 0 saturated heterocycles. The molecule has 0 bridgehead atoms. The number of hydrogen-bond donors (Lipinski definition) is 2. The van der Waals surface area contributed by atoms with Crippen molar-refractivity contribution < 1.29 is 17.2 Å². The Morgan fingerprint density at radius 1 is 1.33 bits per heavy atom. The van der Waals surface area contributed by atoms with Gasteiger partial charge in [-0.2, -0.15) is 0 Å². The van der Waals surface area contributed by atoms with Crippen molar-refractivity contribution in [1.29, 1.82) is 0 Å². The number of nitrogens with two attached hydrogens (primary N) is 1. The average Bonchev–Trinajstić information content (AvgIpc) is 2.23. The predicted octanol–water partition coefficient (Wildman–Crippen LogP) is 1.77. The van der Waals surface area contributed by atoms with Crippen molar-refractivity contribution in [2.45, 2.75) is 36.6 Å². The van der Waals surface area contributed by atoms with Gasteiger partial charge >= 0.3 is 0 Å². The molecule has 0 amide bonds. The van der Waals surface area contributed by atoms with Gasteiger partial charge in [0.05, 0.1) is 0 Å². The molecule has 4 nitrogen and oxygen atoms in total. The van der Waals surface area contributed by atoms with Crippen molar-refractivity contribution in [3.05, 3.63) is 23.8 Å². The van der Waals surface area contributed by atoms with Crippen LogP contribution in [0.1, 0.15) is 26.2 Å². The van der Waals surface area contributed by atoms with Crippen molar-refractivity contribution in [1.82, 2.24) is 4.72 Å². The third kappa shape index (κ3) is 2.20. The van der Waals surface area contributed by atoms with Gasteiger partial charge in [-0.25, -0.2) is 21.9 Å². The van der Waals surface area contributed by atoms with Gasteiger partial charge in [-0.1, -0.05) is 0 Å². The lowest BCUT2D eigenvalue weighted by Crippen LogP contribution is -2.50. The fraction of sp³-hybridized carbons (Fsp3) is 0.455. The number of halogens is 2. The molecule has 0 heterocycles. The minimum Gasteiger partial charge on any atom is -0.394 e. The normalized spacial score (nSPS) is 18.4. The highest BCUT2D eigenvalue weighted by Gasteiger charge is 2.37. The van der Waals surface area contributed by atoms with Gasteiger partial charge in [0.2, 0.25) is 10.0 Å². The molecule has 100 valence electrons. The Morgan fingerprint density at radius 2 is 1.94 bits per heavy atom. The number of benzene rings is 1. The van der Waals surface area contributed by atoms with Crippen LogP contribution in [0.15, 0.2) is 17.0 Å². The Morgan fingerprint density at radius 3 is 2.44 bits per heavy atom. The van der Waals surface area contributed by atoms with Gasteiger partial charge < -0.3 is 5.73 Å². The smallest absolute Gasteiger partial charge is 0.244 e. The topological polar surface area (TPSA) is 72.2 Å². The second-order valence-corrected chi connectivity index (χ2v) is 6.44. The highest BCUT2D eigenvalue weighted by atomic mass is 32.2. The van der Waals surface area contributed by atoms with Crippen LogP contribution >= 0.6 is 0 Å². The Hall–Kier alpha value is -1.21. The molecular formula is C11H14F2N2O2S. The first-order chi connectivity index (χ1) is 8.25. The maximum atomic E-state index is 13.7. The molecule has 0 spiro atoms. The molecule has 1 saturated carbocycles. The van der Waals surface area contributed by atoms with Gasteiger partial charge in [0.25, 0.3) is 0 Å². The third-order valence-electron chi connectivity index (χ3n) is 3.22. The predicted molar refractivity (Wildman–Crippen MR) is 63.3 cm³/mol. The maximum absolute atomic E-state index is 13.7. The van der Waals surface area contributed by atoms with Crippen molar-refractivity contribution in [3.63, 3.8) is 0 Å². The first-order valence-corrected chi connectivity index (χ1v) is 7.01. The second kappa shape index (κ2) is 4.17. The molecule has 1 aromatic carbocycles. The summed E-state index contributed by atoms with van der Waals surface area (Å²) in [4.78, 5) is -0.616. The minimum absolute atomic E-state index is 0.547. The Kier molecular flexibility index (Phi) is 3.06. The quantitative estimate of drug-likeness (QED) is 0.826. The standard InChI is InChI=1S/C11H14F2N2O2S/c1-11(5-2-6-11)15-18(16,17)8-4-3-7(12)10(14)9(8)13/h3-4,15H,2,5-6,14H2,1H3. The molecule has 0 aromatic heterocycles. The highest BCUT2D eigenvalue weighted by Crippen LogP contribution is 2.33. The number of anilines is 1. The fourth-order valence-electron chi connectivity index (χ4n) is 1.95. The minimum atomic E-state index is -4.02. The summed E-state index contributed by atoms with van der Waals surface area (Å²) in [5.41, 5.74) is 3.82. The van der Waals surface area contributed by atoms with Gasteiger partial charge in [-0.15, -0.1) is 0 Å². The monoisotopic (exact) mass is 276 g/mol. The Bertz CT molecular complexity index is 583. The zero-order valence-corrected chi connectivity index (χ0v) is 10.7. The summed E-state index contributed by atoms with van der Waals surface area (Å²) in [6.45, 7) is 1.75. The van der Waals surface area contributed by atoms with E-state index in [4.69, 9.17) is 5.73 Å². The molecule has 1 fully saturated rings. The first kappa shape index (κ1) is 13.2. The summed E-state index contributed by atoms with van der Waals surface area (Å²) in [5, 5.41) is 0. The molecule has 1 aromatic rings. The lowest BCUT2D eigenvalue weighted by atomic mass is 9.80. The van der Waals surface area contributed by atoms with Gasteiger partial charge in [0.1, 0.15) is 16.4 Å². The number of nitrogen functional groups attached to an aromatic ring is 1. The van der Waals surface area contributed by atoms with E-state index in [1.54, 1.807) is 6.92 Å². The molecule has 0 aliphatic heterocycles. The molecule has 7 heteroatoms. The number of hydrogen-bond acceptors (Lipinski definition) is 3. The van der Waals surface area contributed by atoms with Crippen LogP contribution in [0.25, 0.3) is 0 Å². The molecule has 3 N–H and O–H groups in total. The summed E-state index contributed by atoms with van der Waals surface area (Å²) in [7, 11) is -4.02. The van der Waals surface area contributed by atoms with Crippen molar-refractivity contribution in [2.75, 3.05) is 5.73 Å². The molecule has 1 aliphatic rings. The van der Waals surface area contributed by atoms with Gasteiger partial charge in [-0.05, 0) is 38.3 Å². The average molecular weight is 276 g/mol. The molecule has 0 atom stereocenters. The van der Waals surface area contributed by atoms with Crippen LogP contribution in [0.3, 0.4) is 0 Å². The van der Waals surface area contributed by atoms with Crippen LogP contribution in [0, 0.1) is 11.6 Å². The molecular weight excluding hydrogens is 262 g/mol. The SMILES string of the molecule is CC1(NS(=O)(=O)c2ccc(F)c(N)c2F)CCC1. The molecule has 1 aliphatic carbocycles. The summed E-state index contributed by atoms with van der Waals surface area (Å²) >= 11 is 0. The zero-order chi connectivity index (χ0) is 13.6. The molecule has 0 radical (unpaired) electrons. The van der Waals surface area contributed by atoms with Gasteiger partial charge in [0.15, 0.2) is 5.82 Å². The second-order valence-electron chi connectivity index (χ2n) is 4.79. The number of sulfonamides is 1. The lowest BCUT2D eigenvalue weighted by molar-refractivity contribution is 0.247. The molecule has 18 heavy (non-hydrogen) atoms. The largest absolute Gasteiger partial charge is 0.394 e. The van der Waals surface area contributed by atoms with E-state index in [0.717, 1.165) is 18.6 Å². The van der Waals surface area contributed by atoms with Crippen molar-refractivity contribution in [2.24, 2.45) is 0 Å². The Labute approximate surface area is 104 Å². The van der Waals surface area contributed by atoms with E-state index < -0.39 is 37.8 Å². The van der Waals surface area contributed by atoms with Crippen molar-refractivity contribution >= 4 is 15.7 Å². The van der Waals surface area contributed by atoms with Crippen LogP contribution in [0.5, 0.6) is 0 Å². The zero-order valence-electron chi connectivity index (χ0n) is 9.83. The van der Waals surface area contributed by atoms with E-state index in [9.17, 15) is 17.2 Å². The van der Waals surface area contributed by atoms with Gasteiger partial charge in [0, 0.05) is 5.54 Å². The fourth-order valence-corrected chi connectivity index (χ4v) is 3.50. The van der Waals surface area contributed by atoms with Crippen LogP contribution in [-0.4, -0.2) is 14.0 Å². The van der Waals surface area contributed by atoms with E-state index in [1.807, 2.05) is 0 Å².